The summed E-state index contributed by atoms with van der Waals surface area (Å²) in [5, 5.41) is 0. The number of rotatable bonds is 8. The summed E-state index contributed by atoms with van der Waals surface area (Å²) in [6.45, 7) is 10.6. The van der Waals surface area contributed by atoms with Crippen LogP contribution >= 0.6 is 0 Å². The molecule has 0 bridgehead atoms. The van der Waals surface area contributed by atoms with E-state index < -0.39 is 10.0 Å². The van der Waals surface area contributed by atoms with Gasteiger partial charge in [0.15, 0.2) is 0 Å². The molecule has 0 aliphatic heterocycles. The number of benzene rings is 2. The third-order valence-corrected chi connectivity index (χ3v) is 7.55. The van der Waals surface area contributed by atoms with Crippen LogP contribution in [0.1, 0.15) is 44.4 Å². The third-order valence-electron chi connectivity index (χ3n) is 5.77. The van der Waals surface area contributed by atoms with Gasteiger partial charge in [-0.3, -0.25) is 14.1 Å². The lowest BCUT2D eigenvalue weighted by Crippen LogP contribution is -2.42. The summed E-state index contributed by atoms with van der Waals surface area (Å²) in [7, 11) is -3.96. The predicted molar refractivity (Wildman–Crippen MR) is 136 cm³/mol. The summed E-state index contributed by atoms with van der Waals surface area (Å²) in [4.78, 5) is 19.1. The molecule has 0 saturated heterocycles. The van der Waals surface area contributed by atoms with E-state index in [1.54, 1.807) is 41.6 Å². The summed E-state index contributed by atoms with van der Waals surface area (Å²) in [6.07, 6.45) is 3.36. The quantitative estimate of drug-likeness (QED) is 0.459. The van der Waals surface area contributed by atoms with Gasteiger partial charge in [0.05, 0.1) is 10.6 Å². The van der Waals surface area contributed by atoms with Gasteiger partial charge in [-0.05, 0) is 66.8 Å². The van der Waals surface area contributed by atoms with Crippen LogP contribution in [-0.2, 0) is 26.8 Å². The molecule has 0 spiro atoms. The van der Waals surface area contributed by atoms with Gasteiger partial charge in [-0.1, -0.05) is 50.6 Å². The van der Waals surface area contributed by atoms with E-state index in [1.807, 2.05) is 50.2 Å². The van der Waals surface area contributed by atoms with Crippen molar-refractivity contribution in [2.45, 2.75) is 51.5 Å². The highest BCUT2D eigenvalue weighted by atomic mass is 32.2. The minimum Gasteiger partial charge on any atom is -0.337 e. The number of sulfonamides is 1. The molecular formula is C27H33N3O3S. The number of aryl methyl sites for hydroxylation is 1. The molecule has 180 valence electrons. The fraction of sp³-hybridized carbons (Fsp3) is 0.333. The zero-order chi connectivity index (χ0) is 24.9. The second-order valence-corrected chi connectivity index (χ2v) is 11.2. The molecule has 0 radical (unpaired) electrons. The first kappa shape index (κ1) is 25.4. The number of hydrogen-bond donors (Lipinski definition) is 0. The lowest BCUT2D eigenvalue weighted by Gasteiger charge is -2.28. The first-order valence-corrected chi connectivity index (χ1v) is 12.8. The van der Waals surface area contributed by atoms with Crippen LogP contribution < -0.4 is 4.31 Å². The zero-order valence-electron chi connectivity index (χ0n) is 20.5. The van der Waals surface area contributed by atoms with Crippen LogP contribution in [-0.4, -0.2) is 37.3 Å². The summed E-state index contributed by atoms with van der Waals surface area (Å²) >= 11 is 0. The van der Waals surface area contributed by atoms with Gasteiger partial charge < -0.3 is 4.90 Å². The molecule has 0 aliphatic carbocycles. The molecule has 1 amide bonds. The smallest absolute Gasteiger partial charge is 0.264 e. The van der Waals surface area contributed by atoms with Gasteiger partial charge in [-0.2, -0.15) is 0 Å². The maximum absolute atomic E-state index is 13.7. The SMILES string of the molecule is CCN(Cc1ccncc1)C(=O)CN(c1ccc(C)cc1)S(=O)(=O)c1ccc(C(C)(C)C)cc1. The monoisotopic (exact) mass is 479 g/mol. The molecule has 0 fully saturated rings. The lowest BCUT2D eigenvalue weighted by molar-refractivity contribution is -0.129. The molecule has 3 aromatic rings. The highest BCUT2D eigenvalue weighted by Crippen LogP contribution is 2.27. The fourth-order valence-corrected chi connectivity index (χ4v) is 5.00. The van der Waals surface area contributed by atoms with Crippen molar-refractivity contribution < 1.29 is 13.2 Å². The molecule has 0 saturated carbocycles. The summed E-state index contributed by atoms with van der Waals surface area (Å²) in [5.41, 5.74) is 3.35. The molecule has 6 nitrogen and oxygen atoms in total. The Morgan fingerprint density at radius 1 is 0.912 bits per heavy atom. The Morgan fingerprint density at radius 3 is 2.03 bits per heavy atom. The van der Waals surface area contributed by atoms with E-state index in [4.69, 9.17) is 0 Å². The highest BCUT2D eigenvalue weighted by molar-refractivity contribution is 7.92. The first-order valence-electron chi connectivity index (χ1n) is 11.4. The zero-order valence-corrected chi connectivity index (χ0v) is 21.3. The van der Waals surface area contributed by atoms with E-state index in [2.05, 4.69) is 25.8 Å². The predicted octanol–water partition coefficient (Wildman–Crippen LogP) is 4.93. The van der Waals surface area contributed by atoms with E-state index in [1.165, 1.54) is 4.31 Å². The topological polar surface area (TPSA) is 70.6 Å². The Morgan fingerprint density at radius 2 is 1.50 bits per heavy atom. The van der Waals surface area contributed by atoms with Gasteiger partial charge in [-0.25, -0.2) is 8.42 Å². The van der Waals surface area contributed by atoms with Crippen molar-refractivity contribution in [2.75, 3.05) is 17.4 Å². The standard InChI is InChI=1S/C27H33N3O3S/c1-6-29(19-22-15-17-28-18-16-22)26(31)20-30(24-11-7-21(2)8-12-24)34(32,33)25-13-9-23(10-14-25)27(3,4)5/h7-18H,6,19-20H2,1-5H3. The second kappa shape index (κ2) is 10.4. The number of carbonyl (C=O) groups excluding carboxylic acids is 1. The molecule has 1 aromatic heterocycles. The molecule has 1 heterocycles. The highest BCUT2D eigenvalue weighted by Gasteiger charge is 2.29. The average Bonchev–Trinajstić information content (AvgIpc) is 2.81. The van der Waals surface area contributed by atoms with E-state index in [0.29, 0.717) is 18.8 Å². The molecule has 2 aromatic carbocycles. The van der Waals surface area contributed by atoms with Crippen molar-refractivity contribution in [3.8, 4) is 0 Å². The second-order valence-electron chi connectivity index (χ2n) is 9.38. The number of pyridine rings is 1. The minimum absolute atomic E-state index is 0.0938. The van der Waals surface area contributed by atoms with Gasteiger partial charge in [-0.15, -0.1) is 0 Å². The van der Waals surface area contributed by atoms with Crippen LogP contribution in [0.3, 0.4) is 0 Å². The Hall–Kier alpha value is -3.19. The number of anilines is 1. The van der Waals surface area contributed by atoms with Crippen LogP contribution in [0.5, 0.6) is 0 Å². The number of amides is 1. The number of hydrogen-bond acceptors (Lipinski definition) is 4. The van der Waals surface area contributed by atoms with Crippen LogP contribution in [0.2, 0.25) is 0 Å². The third kappa shape index (κ3) is 6.03. The molecule has 0 atom stereocenters. The first-order chi connectivity index (χ1) is 16.0. The number of aromatic nitrogens is 1. The molecule has 34 heavy (non-hydrogen) atoms. The fourth-order valence-electron chi connectivity index (χ4n) is 3.59. The Labute approximate surface area is 203 Å². The van der Waals surface area contributed by atoms with Gasteiger partial charge in [0.2, 0.25) is 5.91 Å². The van der Waals surface area contributed by atoms with Gasteiger partial charge in [0.1, 0.15) is 6.54 Å². The van der Waals surface area contributed by atoms with E-state index in [-0.39, 0.29) is 22.8 Å². The maximum atomic E-state index is 13.7. The molecule has 3 rings (SSSR count). The van der Waals surface area contributed by atoms with Crippen molar-refractivity contribution >= 4 is 21.6 Å². The molecule has 0 N–H and O–H groups in total. The van der Waals surface area contributed by atoms with E-state index in [9.17, 15) is 13.2 Å². The van der Waals surface area contributed by atoms with Crippen LogP contribution in [0.15, 0.2) is 78.0 Å². The Kier molecular flexibility index (Phi) is 7.77. The van der Waals surface area contributed by atoms with E-state index in [0.717, 1.165) is 16.7 Å². The van der Waals surface area contributed by atoms with Gasteiger partial charge in [0.25, 0.3) is 10.0 Å². The lowest BCUT2D eigenvalue weighted by atomic mass is 9.87. The summed E-state index contributed by atoms with van der Waals surface area (Å²) < 4.78 is 28.7. The normalized spacial score (nSPS) is 11.8. The molecular weight excluding hydrogens is 446 g/mol. The number of nitrogens with zero attached hydrogens (tertiary/aromatic N) is 3. The largest absolute Gasteiger partial charge is 0.337 e. The Balaban J connectivity index is 1.95. The van der Waals surface area contributed by atoms with Crippen molar-refractivity contribution in [2.24, 2.45) is 0 Å². The van der Waals surface area contributed by atoms with Crippen molar-refractivity contribution in [1.82, 2.24) is 9.88 Å². The van der Waals surface area contributed by atoms with Gasteiger partial charge >= 0.3 is 0 Å². The number of likely N-dealkylation sites (N-methyl/N-ethyl adjacent to an activating group) is 1. The molecule has 0 unspecified atom stereocenters. The summed E-state index contributed by atoms with van der Waals surface area (Å²) in [5.74, 6) is -0.269. The average molecular weight is 480 g/mol. The number of carbonyl (C=O) groups is 1. The maximum Gasteiger partial charge on any atom is 0.264 e. The Bertz CT molecular complexity index is 1200. The van der Waals surface area contributed by atoms with Crippen molar-refractivity contribution in [3.05, 3.63) is 89.7 Å². The molecule has 0 aliphatic rings. The van der Waals surface area contributed by atoms with E-state index >= 15 is 0 Å². The van der Waals surface area contributed by atoms with Crippen molar-refractivity contribution in [1.29, 1.82) is 0 Å². The summed E-state index contributed by atoms with van der Waals surface area (Å²) in [6, 6.07) is 17.8. The van der Waals surface area contributed by atoms with Gasteiger partial charge in [0, 0.05) is 25.5 Å². The van der Waals surface area contributed by atoms with Crippen LogP contribution in [0, 0.1) is 6.92 Å². The van der Waals surface area contributed by atoms with Crippen molar-refractivity contribution in [3.63, 3.8) is 0 Å². The van der Waals surface area contributed by atoms with Crippen LogP contribution in [0.4, 0.5) is 5.69 Å². The minimum atomic E-state index is -3.96. The van der Waals surface area contributed by atoms with Crippen LogP contribution in [0.25, 0.3) is 0 Å². The molecule has 7 heteroatoms.